The van der Waals surface area contributed by atoms with Gasteiger partial charge in [0.15, 0.2) is 4.90 Å². The van der Waals surface area contributed by atoms with Gasteiger partial charge in [0.25, 0.3) is 5.56 Å². The van der Waals surface area contributed by atoms with Gasteiger partial charge in [-0.05, 0) is 78.8 Å². The quantitative estimate of drug-likeness (QED) is 0.315. The molecule has 1 unspecified atom stereocenters. The van der Waals surface area contributed by atoms with Crippen molar-refractivity contribution in [2.45, 2.75) is 61.8 Å². The van der Waals surface area contributed by atoms with E-state index in [1.165, 1.54) is 35.0 Å². The van der Waals surface area contributed by atoms with Gasteiger partial charge in [0.1, 0.15) is 5.82 Å². The normalized spacial score (nSPS) is 14.6. The third-order valence-electron chi connectivity index (χ3n) is 7.41. The molecule has 0 bridgehead atoms. The van der Waals surface area contributed by atoms with Gasteiger partial charge in [-0.25, -0.2) is 13.4 Å². The average Bonchev–Trinajstić information content (AvgIpc) is 3.35. The topological polar surface area (TPSA) is 126 Å². The van der Waals surface area contributed by atoms with E-state index in [1.54, 1.807) is 25.1 Å². The number of aryl methyl sites for hydroxylation is 2. The zero-order chi connectivity index (χ0) is 28.6. The molecule has 0 amide bonds. The van der Waals surface area contributed by atoms with E-state index >= 15 is 0 Å². The van der Waals surface area contributed by atoms with E-state index in [2.05, 4.69) is 16.0 Å². The number of hydrogen-bond donors (Lipinski definition) is 1. The molecule has 5 rings (SSSR count). The molecule has 8 nitrogen and oxygen atoms in total. The number of pyridine rings is 1. The fourth-order valence-corrected chi connectivity index (χ4v) is 6.64. The molecule has 1 aliphatic rings. The standard InChI is InChI=1S/C30H27FN4O4S/c1-3-4-5-26-34-29(36)27(30(37)35(26)25-13-10-21-7-6-19(17-32)16-24(21)25)40(38,39)22-11-8-20(9-12-22)23-14-15-33-28(31)18(23)2/h6-9,11-12,14-16,25,37H,3-5,10,13H2,1-2H3. The highest BCUT2D eigenvalue weighted by molar-refractivity contribution is 7.91. The number of rotatable bonds is 7. The summed E-state index contributed by atoms with van der Waals surface area (Å²) in [6.07, 6.45) is 4.42. The molecular formula is C30H27FN4O4S. The third kappa shape index (κ3) is 4.67. The van der Waals surface area contributed by atoms with Crippen molar-refractivity contribution in [3.8, 4) is 23.1 Å². The molecule has 4 aromatic rings. The lowest BCUT2D eigenvalue weighted by Gasteiger charge is -2.23. The van der Waals surface area contributed by atoms with Gasteiger partial charge in [-0.3, -0.25) is 9.36 Å². The molecule has 0 saturated heterocycles. The Kier molecular flexibility index (Phi) is 7.25. The van der Waals surface area contributed by atoms with E-state index in [9.17, 15) is 28.0 Å². The van der Waals surface area contributed by atoms with Gasteiger partial charge in [-0.1, -0.05) is 31.5 Å². The Hall–Kier alpha value is -4.36. The first-order valence-electron chi connectivity index (χ1n) is 13.0. The van der Waals surface area contributed by atoms with Gasteiger partial charge < -0.3 is 5.11 Å². The fourth-order valence-electron chi connectivity index (χ4n) is 5.30. The maximum atomic E-state index is 14.0. The van der Waals surface area contributed by atoms with Crippen molar-refractivity contribution in [1.29, 1.82) is 5.26 Å². The van der Waals surface area contributed by atoms with Gasteiger partial charge in [0, 0.05) is 18.2 Å². The number of benzene rings is 2. The summed E-state index contributed by atoms with van der Waals surface area (Å²) < 4.78 is 42.9. The van der Waals surface area contributed by atoms with E-state index in [-0.39, 0.29) is 4.90 Å². The monoisotopic (exact) mass is 558 g/mol. The number of nitrogens with zero attached hydrogens (tertiary/aromatic N) is 4. The molecule has 0 aliphatic heterocycles. The first-order valence-corrected chi connectivity index (χ1v) is 14.5. The molecule has 204 valence electrons. The Morgan fingerprint density at radius 1 is 1.18 bits per heavy atom. The van der Waals surface area contributed by atoms with Gasteiger partial charge in [-0.15, -0.1) is 0 Å². The predicted molar refractivity (Wildman–Crippen MR) is 146 cm³/mol. The second-order valence-corrected chi connectivity index (χ2v) is 11.7. The highest BCUT2D eigenvalue weighted by Crippen LogP contribution is 2.40. The van der Waals surface area contributed by atoms with Crippen molar-refractivity contribution in [1.82, 2.24) is 14.5 Å². The van der Waals surface area contributed by atoms with Gasteiger partial charge in [0.2, 0.25) is 21.7 Å². The summed E-state index contributed by atoms with van der Waals surface area (Å²) in [6.45, 7) is 3.56. The summed E-state index contributed by atoms with van der Waals surface area (Å²) in [4.78, 5) is 20.0. The summed E-state index contributed by atoms with van der Waals surface area (Å²) >= 11 is 0. The minimum absolute atomic E-state index is 0.205. The summed E-state index contributed by atoms with van der Waals surface area (Å²) in [5.41, 5.74) is 2.66. The van der Waals surface area contributed by atoms with Crippen LogP contribution >= 0.6 is 0 Å². The maximum absolute atomic E-state index is 14.0. The molecule has 2 heterocycles. The van der Waals surface area contributed by atoms with Crippen LogP contribution in [0.3, 0.4) is 0 Å². The average molecular weight is 559 g/mol. The summed E-state index contributed by atoms with van der Waals surface area (Å²) in [5, 5.41) is 20.9. The van der Waals surface area contributed by atoms with Crippen LogP contribution in [0.4, 0.5) is 4.39 Å². The van der Waals surface area contributed by atoms with Crippen molar-refractivity contribution < 1.29 is 17.9 Å². The van der Waals surface area contributed by atoms with E-state index < -0.39 is 38.2 Å². The fraction of sp³-hybridized carbons (Fsp3) is 0.267. The van der Waals surface area contributed by atoms with E-state index in [0.717, 1.165) is 17.5 Å². The molecule has 40 heavy (non-hydrogen) atoms. The van der Waals surface area contributed by atoms with Gasteiger partial charge in [-0.2, -0.15) is 14.6 Å². The van der Waals surface area contributed by atoms with Crippen LogP contribution in [-0.4, -0.2) is 28.1 Å². The Bertz CT molecular complexity index is 1830. The van der Waals surface area contributed by atoms with Crippen LogP contribution in [0.25, 0.3) is 11.1 Å². The van der Waals surface area contributed by atoms with Crippen molar-refractivity contribution in [2.24, 2.45) is 0 Å². The molecule has 1 atom stereocenters. The summed E-state index contributed by atoms with van der Waals surface area (Å²) in [6, 6.07) is 14.3. The number of unbranched alkanes of at least 4 members (excludes halogenated alkanes) is 1. The zero-order valence-corrected chi connectivity index (χ0v) is 22.9. The van der Waals surface area contributed by atoms with Crippen LogP contribution in [-0.2, 0) is 22.7 Å². The molecule has 1 aliphatic carbocycles. The second kappa shape index (κ2) is 10.7. The lowest BCUT2D eigenvalue weighted by molar-refractivity contribution is 0.361. The molecule has 0 spiro atoms. The Balaban J connectivity index is 1.64. The minimum atomic E-state index is -4.48. The minimum Gasteiger partial charge on any atom is -0.493 e. The lowest BCUT2D eigenvalue weighted by atomic mass is 10.0. The molecule has 1 N–H and O–H groups in total. The lowest BCUT2D eigenvalue weighted by Crippen LogP contribution is -2.27. The molecule has 0 radical (unpaired) electrons. The van der Waals surface area contributed by atoms with Crippen LogP contribution in [0, 0.1) is 24.2 Å². The number of aromatic hydroxyl groups is 1. The number of fused-ring (bicyclic) bond motifs is 1. The zero-order valence-electron chi connectivity index (χ0n) is 22.1. The van der Waals surface area contributed by atoms with E-state index in [0.29, 0.717) is 53.8 Å². The number of sulfone groups is 1. The molecule has 10 heteroatoms. The Morgan fingerprint density at radius 3 is 2.62 bits per heavy atom. The highest BCUT2D eigenvalue weighted by Gasteiger charge is 2.34. The largest absolute Gasteiger partial charge is 0.493 e. The van der Waals surface area contributed by atoms with Crippen molar-refractivity contribution >= 4 is 9.84 Å². The smallest absolute Gasteiger partial charge is 0.296 e. The van der Waals surface area contributed by atoms with E-state index in [4.69, 9.17) is 0 Å². The SMILES string of the molecule is CCCCc1nc(=O)c(S(=O)(=O)c2ccc(-c3ccnc(F)c3C)cc2)c(O)n1C1CCc2ccc(C#N)cc21. The van der Waals surface area contributed by atoms with Gasteiger partial charge in [0.05, 0.1) is 22.6 Å². The molecule has 0 fully saturated rings. The first kappa shape index (κ1) is 27.2. The van der Waals surface area contributed by atoms with Crippen molar-refractivity contribution in [3.05, 3.63) is 99.1 Å². The number of aromatic nitrogens is 3. The second-order valence-electron chi connectivity index (χ2n) is 9.84. The number of hydrogen-bond acceptors (Lipinski definition) is 7. The van der Waals surface area contributed by atoms with Crippen LogP contribution < -0.4 is 5.56 Å². The molecule has 0 saturated carbocycles. The van der Waals surface area contributed by atoms with Gasteiger partial charge >= 0.3 is 0 Å². The Morgan fingerprint density at radius 2 is 1.93 bits per heavy atom. The first-order chi connectivity index (χ1) is 19.2. The predicted octanol–water partition coefficient (Wildman–Crippen LogP) is 5.04. The Labute approximate surface area is 231 Å². The van der Waals surface area contributed by atoms with Crippen LogP contribution in [0.2, 0.25) is 0 Å². The number of halogens is 1. The number of nitriles is 1. The molecular weight excluding hydrogens is 531 g/mol. The maximum Gasteiger partial charge on any atom is 0.296 e. The van der Waals surface area contributed by atoms with Crippen molar-refractivity contribution in [3.63, 3.8) is 0 Å². The molecule has 2 aromatic heterocycles. The van der Waals surface area contributed by atoms with Crippen LogP contribution in [0.5, 0.6) is 5.88 Å². The van der Waals surface area contributed by atoms with E-state index in [1.807, 2.05) is 13.0 Å². The highest BCUT2D eigenvalue weighted by atomic mass is 32.2. The van der Waals surface area contributed by atoms with Crippen molar-refractivity contribution in [2.75, 3.05) is 0 Å². The van der Waals surface area contributed by atoms with Crippen LogP contribution in [0.15, 0.2) is 69.3 Å². The van der Waals surface area contributed by atoms with Crippen LogP contribution in [0.1, 0.15) is 60.3 Å². The third-order valence-corrected chi connectivity index (χ3v) is 9.20. The summed E-state index contributed by atoms with van der Waals surface area (Å²) in [5.74, 6) is -0.985. The summed E-state index contributed by atoms with van der Waals surface area (Å²) in [7, 11) is -4.48. The molecule has 2 aromatic carbocycles.